The second-order valence-corrected chi connectivity index (χ2v) is 5.04. The van der Waals surface area contributed by atoms with Gasteiger partial charge in [-0.2, -0.15) is 13.2 Å². The Bertz CT molecular complexity index is 269. The standard InChI is InChI=1S/C12H21F3N2O/c1-9-4-2-3-5-10(9)6-16-7-11(18)17-8-12(13,14)15/h9-10,16H,2-8H2,1H3,(H,17,18). The van der Waals surface area contributed by atoms with Gasteiger partial charge in [-0.3, -0.25) is 4.79 Å². The Morgan fingerprint density at radius 3 is 2.56 bits per heavy atom. The largest absolute Gasteiger partial charge is 0.405 e. The van der Waals surface area contributed by atoms with Gasteiger partial charge in [0, 0.05) is 0 Å². The third-order valence-electron chi connectivity index (χ3n) is 3.47. The summed E-state index contributed by atoms with van der Waals surface area (Å²) in [5.41, 5.74) is 0. The molecule has 18 heavy (non-hydrogen) atoms. The molecular weight excluding hydrogens is 245 g/mol. The van der Waals surface area contributed by atoms with Gasteiger partial charge in [0.1, 0.15) is 6.54 Å². The SMILES string of the molecule is CC1CCCCC1CNCC(=O)NCC(F)(F)F. The van der Waals surface area contributed by atoms with E-state index in [1.165, 1.54) is 19.3 Å². The molecule has 0 aliphatic heterocycles. The molecule has 1 saturated carbocycles. The molecule has 0 saturated heterocycles. The molecule has 0 aromatic heterocycles. The average molecular weight is 266 g/mol. The van der Waals surface area contributed by atoms with Gasteiger partial charge in [0.15, 0.2) is 0 Å². The van der Waals surface area contributed by atoms with Crippen LogP contribution in [0.3, 0.4) is 0 Å². The summed E-state index contributed by atoms with van der Waals surface area (Å²) in [5.74, 6) is 0.564. The molecule has 1 rings (SSSR count). The molecule has 0 radical (unpaired) electrons. The molecule has 0 heterocycles. The van der Waals surface area contributed by atoms with Crippen molar-refractivity contribution in [1.29, 1.82) is 0 Å². The van der Waals surface area contributed by atoms with Crippen LogP contribution >= 0.6 is 0 Å². The number of hydrogen-bond donors (Lipinski definition) is 2. The van der Waals surface area contributed by atoms with E-state index in [0.717, 1.165) is 6.42 Å². The smallest absolute Gasteiger partial charge is 0.346 e. The lowest BCUT2D eigenvalue weighted by Gasteiger charge is -2.28. The first-order valence-electron chi connectivity index (χ1n) is 6.42. The summed E-state index contributed by atoms with van der Waals surface area (Å²) in [6.07, 6.45) is 0.458. The number of carbonyl (C=O) groups is 1. The van der Waals surface area contributed by atoms with Crippen LogP contribution in [-0.4, -0.2) is 31.7 Å². The molecule has 1 fully saturated rings. The topological polar surface area (TPSA) is 41.1 Å². The Hall–Kier alpha value is -0.780. The summed E-state index contributed by atoms with van der Waals surface area (Å²) in [7, 11) is 0. The van der Waals surface area contributed by atoms with Crippen molar-refractivity contribution in [2.75, 3.05) is 19.6 Å². The fourth-order valence-corrected chi connectivity index (χ4v) is 2.33. The van der Waals surface area contributed by atoms with Crippen molar-refractivity contribution >= 4 is 5.91 Å². The zero-order valence-corrected chi connectivity index (χ0v) is 10.6. The van der Waals surface area contributed by atoms with Crippen LogP contribution in [0.5, 0.6) is 0 Å². The lowest BCUT2D eigenvalue weighted by atomic mass is 9.80. The first kappa shape index (κ1) is 15.3. The molecule has 0 aromatic carbocycles. The van der Waals surface area contributed by atoms with Gasteiger partial charge in [0.25, 0.3) is 0 Å². The van der Waals surface area contributed by atoms with Gasteiger partial charge >= 0.3 is 6.18 Å². The number of carbonyl (C=O) groups excluding carboxylic acids is 1. The summed E-state index contributed by atoms with van der Waals surface area (Å²) in [6, 6.07) is 0. The Morgan fingerprint density at radius 1 is 1.28 bits per heavy atom. The molecule has 2 unspecified atom stereocenters. The maximum atomic E-state index is 11.8. The van der Waals surface area contributed by atoms with Gasteiger partial charge in [-0.1, -0.05) is 26.2 Å². The number of hydrogen-bond acceptors (Lipinski definition) is 2. The normalized spacial score (nSPS) is 24.9. The fourth-order valence-electron chi connectivity index (χ4n) is 2.33. The molecule has 1 aliphatic rings. The van der Waals surface area contributed by atoms with E-state index in [-0.39, 0.29) is 6.54 Å². The van der Waals surface area contributed by atoms with Crippen molar-refractivity contribution < 1.29 is 18.0 Å². The predicted molar refractivity (Wildman–Crippen MR) is 63.1 cm³/mol. The molecule has 1 amide bonds. The van der Waals surface area contributed by atoms with E-state index in [2.05, 4.69) is 12.2 Å². The molecule has 2 N–H and O–H groups in total. The van der Waals surface area contributed by atoms with Crippen LogP contribution in [0.1, 0.15) is 32.6 Å². The number of halogens is 3. The Labute approximate surface area is 106 Å². The van der Waals surface area contributed by atoms with E-state index in [1.54, 1.807) is 0 Å². The van der Waals surface area contributed by atoms with Gasteiger partial charge in [0.2, 0.25) is 5.91 Å². The van der Waals surface area contributed by atoms with E-state index in [0.29, 0.717) is 18.4 Å². The lowest BCUT2D eigenvalue weighted by molar-refractivity contribution is -0.137. The first-order chi connectivity index (χ1) is 8.38. The van der Waals surface area contributed by atoms with Gasteiger partial charge in [-0.25, -0.2) is 0 Å². The van der Waals surface area contributed by atoms with Gasteiger partial charge in [0.05, 0.1) is 6.54 Å². The minimum Gasteiger partial charge on any atom is -0.346 e. The van der Waals surface area contributed by atoms with E-state index < -0.39 is 18.6 Å². The lowest BCUT2D eigenvalue weighted by Crippen LogP contribution is -2.41. The van der Waals surface area contributed by atoms with E-state index in [4.69, 9.17) is 0 Å². The quantitative estimate of drug-likeness (QED) is 0.800. The van der Waals surface area contributed by atoms with Crippen molar-refractivity contribution in [3.8, 4) is 0 Å². The first-order valence-corrected chi connectivity index (χ1v) is 6.42. The average Bonchev–Trinajstić information content (AvgIpc) is 2.28. The van der Waals surface area contributed by atoms with Gasteiger partial charge in [-0.05, 0) is 24.8 Å². The molecule has 6 heteroatoms. The third-order valence-corrected chi connectivity index (χ3v) is 3.47. The molecule has 0 spiro atoms. The third kappa shape index (κ3) is 6.23. The number of nitrogens with one attached hydrogen (secondary N) is 2. The van der Waals surface area contributed by atoms with E-state index in [1.807, 2.05) is 5.32 Å². The zero-order valence-electron chi connectivity index (χ0n) is 10.6. The number of rotatable bonds is 5. The maximum Gasteiger partial charge on any atom is 0.405 e. The van der Waals surface area contributed by atoms with Crippen molar-refractivity contribution in [3.63, 3.8) is 0 Å². The van der Waals surface area contributed by atoms with Crippen LogP contribution in [0.4, 0.5) is 13.2 Å². The van der Waals surface area contributed by atoms with Crippen LogP contribution in [0, 0.1) is 11.8 Å². The molecular formula is C12H21F3N2O. The molecule has 0 aromatic rings. The van der Waals surface area contributed by atoms with Crippen molar-refractivity contribution in [1.82, 2.24) is 10.6 Å². The van der Waals surface area contributed by atoms with Crippen molar-refractivity contribution in [2.24, 2.45) is 11.8 Å². The van der Waals surface area contributed by atoms with Crippen LogP contribution in [0.2, 0.25) is 0 Å². The van der Waals surface area contributed by atoms with Crippen molar-refractivity contribution in [2.45, 2.75) is 38.8 Å². The van der Waals surface area contributed by atoms with Crippen LogP contribution in [-0.2, 0) is 4.79 Å². The molecule has 106 valence electrons. The summed E-state index contributed by atoms with van der Waals surface area (Å²) in [4.78, 5) is 11.1. The second kappa shape index (κ2) is 6.97. The Balaban J connectivity index is 2.11. The highest BCUT2D eigenvalue weighted by molar-refractivity contribution is 5.77. The molecule has 3 nitrogen and oxygen atoms in total. The highest BCUT2D eigenvalue weighted by Gasteiger charge is 2.27. The monoisotopic (exact) mass is 266 g/mol. The van der Waals surface area contributed by atoms with Gasteiger partial charge < -0.3 is 10.6 Å². The summed E-state index contributed by atoms with van der Waals surface area (Å²) in [5, 5.41) is 4.79. The maximum absolute atomic E-state index is 11.8. The number of amides is 1. The van der Waals surface area contributed by atoms with Crippen molar-refractivity contribution in [3.05, 3.63) is 0 Å². The Kier molecular flexibility index (Phi) is 5.91. The number of alkyl halides is 3. The van der Waals surface area contributed by atoms with Crippen LogP contribution < -0.4 is 10.6 Å². The minimum atomic E-state index is -4.34. The van der Waals surface area contributed by atoms with Gasteiger partial charge in [-0.15, -0.1) is 0 Å². The molecule has 0 bridgehead atoms. The second-order valence-electron chi connectivity index (χ2n) is 5.04. The Morgan fingerprint density at radius 2 is 1.94 bits per heavy atom. The van der Waals surface area contributed by atoms with E-state index >= 15 is 0 Å². The highest BCUT2D eigenvalue weighted by atomic mass is 19.4. The summed E-state index contributed by atoms with van der Waals surface area (Å²) >= 11 is 0. The fraction of sp³-hybridized carbons (Fsp3) is 0.917. The summed E-state index contributed by atoms with van der Waals surface area (Å²) < 4.78 is 35.5. The molecule has 2 atom stereocenters. The predicted octanol–water partition coefficient (Wildman–Crippen LogP) is 2.08. The van der Waals surface area contributed by atoms with E-state index in [9.17, 15) is 18.0 Å². The zero-order chi connectivity index (χ0) is 13.6. The van der Waals surface area contributed by atoms with Crippen LogP contribution in [0.15, 0.2) is 0 Å². The highest BCUT2D eigenvalue weighted by Crippen LogP contribution is 2.28. The van der Waals surface area contributed by atoms with Crippen LogP contribution in [0.25, 0.3) is 0 Å². The molecule has 1 aliphatic carbocycles. The minimum absolute atomic E-state index is 0.0424. The summed E-state index contributed by atoms with van der Waals surface area (Å²) in [6.45, 7) is 1.60.